The van der Waals surface area contributed by atoms with Crippen LogP contribution in [0.1, 0.15) is 38.5 Å². The van der Waals surface area contributed by atoms with E-state index in [1.54, 1.807) is 0 Å². The van der Waals surface area contributed by atoms with Crippen LogP contribution in [0.4, 0.5) is 0 Å². The van der Waals surface area contributed by atoms with Gasteiger partial charge in [-0.25, -0.2) is 9.59 Å². The molecule has 90 valence electrons. The Bertz CT molecular complexity index is 232. The van der Waals surface area contributed by atoms with E-state index in [1.807, 2.05) is 0 Å². The van der Waals surface area contributed by atoms with Crippen LogP contribution in [0, 0.1) is 0 Å². The first-order valence-electron chi connectivity index (χ1n) is 5.80. The van der Waals surface area contributed by atoms with Crippen molar-refractivity contribution in [1.29, 1.82) is 0 Å². The molecule has 0 radical (unpaired) electrons. The zero-order valence-electron chi connectivity index (χ0n) is 9.44. The average Bonchev–Trinajstić information content (AvgIpc) is 2.28. The molecule has 0 amide bonds. The Morgan fingerprint density at radius 3 is 1.50 bits per heavy atom. The van der Waals surface area contributed by atoms with Gasteiger partial charge in [-0.2, -0.15) is 0 Å². The second-order valence-corrected chi connectivity index (χ2v) is 3.79. The van der Waals surface area contributed by atoms with Crippen LogP contribution >= 0.6 is 0 Å². The summed E-state index contributed by atoms with van der Waals surface area (Å²) in [4.78, 5) is 22.2. The van der Waals surface area contributed by atoms with Gasteiger partial charge < -0.3 is 9.47 Å². The van der Waals surface area contributed by atoms with Crippen molar-refractivity contribution in [2.24, 2.45) is 0 Å². The van der Waals surface area contributed by atoms with Gasteiger partial charge in [-0.05, 0) is 12.8 Å². The molecule has 0 saturated heterocycles. The van der Waals surface area contributed by atoms with Crippen LogP contribution in [0.15, 0.2) is 12.2 Å². The molecule has 0 aliphatic carbocycles. The van der Waals surface area contributed by atoms with Gasteiger partial charge in [-0.15, -0.1) is 0 Å². The summed E-state index contributed by atoms with van der Waals surface area (Å²) in [5.41, 5.74) is 0. The molecule has 0 bridgehead atoms. The SMILES string of the molecule is O=C1/C=C\C(=O)OCCCCCCCCO1. The zero-order chi connectivity index (χ0) is 11.6. The van der Waals surface area contributed by atoms with Crippen LogP contribution in [-0.2, 0) is 19.1 Å². The maximum atomic E-state index is 11.1. The summed E-state index contributed by atoms with van der Waals surface area (Å²) in [6.45, 7) is 0.858. The highest BCUT2D eigenvalue weighted by Gasteiger charge is 2.02. The Balaban J connectivity index is 2.37. The van der Waals surface area contributed by atoms with Gasteiger partial charge in [0.2, 0.25) is 0 Å². The molecule has 1 heterocycles. The standard InChI is InChI=1S/C12H18O4/c13-11-7-8-12(14)16-10-6-4-2-1-3-5-9-15-11/h7-8H,1-6,9-10H2/b8-7-. The summed E-state index contributed by atoms with van der Waals surface area (Å²) < 4.78 is 9.80. The number of hydrogen-bond donors (Lipinski definition) is 0. The molecule has 1 rings (SSSR count). The predicted molar refractivity (Wildman–Crippen MR) is 58.8 cm³/mol. The van der Waals surface area contributed by atoms with Crippen LogP contribution in [0.2, 0.25) is 0 Å². The van der Waals surface area contributed by atoms with Gasteiger partial charge in [-0.1, -0.05) is 25.7 Å². The highest BCUT2D eigenvalue weighted by Crippen LogP contribution is 2.06. The quantitative estimate of drug-likeness (QED) is 0.593. The smallest absolute Gasteiger partial charge is 0.331 e. The van der Waals surface area contributed by atoms with Gasteiger partial charge in [0.25, 0.3) is 0 Å². The van der Waals surface area contributed by atoms with Crippen molar-refractivity contribution < 1.29 is 19.1 Å². The summed E-state index contributed by atoms with van der Waals surface area (Å²) in [7, 11) is 0. The van der Waals surface area contributed by atoms with E-state index in [-0.39, 0.29) is 0 Å². The number of rotatable bonds is 0. The lowest BCUT2D eigenvalue weighted by Gasteiger charge is -2.05. The number of ether oxygens (including phenoxy) is 2. The van der Waals surface area contributed by atoms with Crippen molar-refractivity contribution in [1.82, 2.24) is 0 Å². The minimum absolute atomic E-state index is 0.429. The Morgan fingerprint density at radius 1 is 0.688 bits per heavy atom. The van der Waals surface area contributed by atoms with Crippen molar-refractivity contribution in [3.8, 4) is 0 Å². The molecule has 16 heavy (non-hydrogen) atoms. The molecule has 0 saturated carbocycles. The Hall–Kier alpha value is -1.32. The van der Waals surface area contributed by atoms with E-state index < -0.39 is 11.9 Å². The van der Waals surface area contributed by atoms with E-state index in [1.165, 1.54) is 0 Å². The van der Waals surface area contributed by atoms with Crippen LogP contribution in [0.25, 0.3) is 0 Å². The largest absolute Gasteiger partial charge is 0.463 e. The lowest BCUT2D eigenvalue weighted by Crippen LogP contribution is -2.06. The van der Waals surface area contributed by atoms with E-state index in [4.69, 9.17) is 9.47 Å². The molecule has 1 aliphatic heterocycles. The van der Waals surface area contributed by atoms with Crippen molar-refractivity contribution in [3.05, 3.63) is 12.2 Å². The molecule has 1 aliphatic rings. The summed E-state index contributed by atoms with van der Waals surface area (Å²) in [5, 5.41) is 0. The summed E-state index contributed by atoms with van der Waals surface area (Å²) >= 11 is 0. The van der Waals surface area contributed by atoms with E-state index in [0.717, 1.165) is 50.7 Å². The van der Waals surface area contributed by atoms with E-state index in [2.05, 4.69) is 0 Å². The van der Waals surface area contributed by atoms with Gasteiger partial charge in [0.05, 0.1) is 13.2 Å². The molecule has 0 fully saturated rings. The number of esters is 2. The maximum Gasteiger partial charge on any atom is 0.331 e. The number of carbonyl (C=O) groups is 2. The fourth-order valence-electron chi connectivity index (χ4n) is 1.49. The average molecular weight is 226 g/mol. The second kappa shape index (κ2) is 7.91. The first-order valence-corrected chi connectivity index (χ1v) is 5.80. The fourth-order valence-corrected chi connectivity index (χ4v) is 1.49. The molecule has 4 heteroatoms. The summed E-state index contributed by atoms with van der Waals surface area (Å²) in [6.07, 6.45) is 8.46. The third-order valence-electron chi connectivity index (χ3n) is 2.38. The van der Waals surface area contributed by atoms with Crippen molar-refractivity contribution in [2.75, 3.05) is 13.2 Å². The number of carbonyl (C=O) groups excluding carboxylic acids is 2. The van der Waals surface area contributed by atoms with Crippen molar-refractivity contribution >= 4 is 11.9 Å². The molecule has 0 aromatic heterocycles. The Labute approximate surface area is 95.6 Å². The van der Waals surface area contributed by atoms with Gasteiger partial charge in [0, 0.05) is 12.2 Å². The third kappa shape index (κ3) is 6.22. The topological polar surface area (TPSA) is 52.6 Å². The number of hydrogen-bond acceptors (Lipinski definition) is 4. The van der Waals surface area contributed by atoms with Crippen molar-refractivity contribution in [2.45, 2.75) is 38.5 Å². The number of cyclic esters (lactones) is 2. The molecule has 0 N–H and O–H groups in total. The molecular formula is C12H18O4. The van der Waals surface area contributed by atoms with Gasteiger partial charge in [0.1, 0.15) is 0 Å². The van der Waals surface area contributed by atoms with Crippen LogP contribution in [-0.4, -0.2) is 25.2 Å². The second-order valence-electron chi connectivity index (χ2n) is 3.79. The normalized spacial score (nSPS) is 22.8. The Morgan fingerprint density at radius 2 is 1.06 bits per heavy atom. The van der Waals surface area contributed by atoms with Gasteiger partial charge in [-0.3, -0.25) is 0 Å². The fraction of sp³-hybridized carbons (Fsp3) is 0.667. The Kier molecular flexibility index (Phi) is 6.30. The van der Waals surface area contributed by atoms with Gasteiger partial charge >= 0.3 is 11.9 Å². The van der Waals surface area contributed by atoms with Crippen LogP contribution in [0.3, 0.4) is 0 Å². The van der Waals surface area contributed by atoms with Gasteiger partial charge in [0.15, 0.2) is 0 Å². The molecule has 0 aromatic carbocycles. The lowest BCUT2D eigenvalue weighted by atomic mass is 10.1. The lowest BCUT2D eigenvalue weighted by molar-refractivity contribution is -0.140. The highest BCUT2D eigenvalue weighted by atomic mass is 16.5. The summed E-state index contributed by atoms with van der Waals surface area (Å²) in [5.74, 6) is -0.956. The monoisotopic (exact) mass is 226 g/mol. The van der Waals surface area contributed by atoms with E-state index in [9.17, 15) is 9.59 Å². The zero-order valence-corrected chi connectivity index (χ0v) is 9.44. The van der Waals surface area contributed by atoms with Crippen LogP contribution in [0.5, 0.6) is 0 Å². The molecule has 0 spiro atoms. The molecule has 4 nitrogen and oxygen atoms in total. The molecular weight excluding hydrogens is 208 g/mol. The first-order chi connectivity index (χ1) is 7.79. The highest BCUT2D eigenvalue weighted by molar-refractivity contribution is 5.91. The van der Waals surface area contributed by atoms with Crippen molar-refractivity contribution in [3.63, 3.8) is 0 Å². The molecule has 0 aromatic rings. The van der Waals surface area contributed by atoms with Crippen LogP contribution < -0.4 is 0 Å². The minimum Gasteiger partial charge on any atom is -0.463 e. The van der Waals surface area contributed by atoms with E-state index >= 15 is 0 Å². The third-order valence-corrected chi connectivity index (χ3v) is 2.38. The molecule has 0 unspecified atom stereocenters. The minimum atomic E-state index is -0.478. The molecule has 0 atom stereocenters. The van der Waals surface area contributed by atoms with E-state index in [0.29, 0.717) is 13.2 Å². The summed E-state index contributed by atoms with van der Waals surface area (Å²) in [6, 6.07) is 0. The predicted octanol–water partition coefficient (Wildman–Crippen LogP) is 1.98. The first kappa shape index (κ1) is 12.7. The maximum absolute atomic E-state index is 11.1.